The van der Waals surface area contributed by atoms with Gasteiger partial charge in [0.15, 0.2) is 5.88 Å². The molecule has 29 heavy (non-hydrogen) atoms. The molecule has 0 radical (unpaired) electrons. The van der Waals surface area contributed by atoms with Crippen molar-refractivity contribution in [2.75, 3.05) is 45.3 Å². The van der Waals surface area contributed by atoms with Gasteiger partial charge in [0, 0.05) is 37.8 Å². The fourth-order valence-corrected chi connectivity index (χ4v) is 3.62. The molecule has 0 saturated carbocycles. The first-order valence-corrected chi connectivity index (χ1v) is 10.6. The summed E-state index contributed by atoms with van der Waals surface area (Å²) in [6.45, 7) is 12.4. The Morgan fingerprint density at radius 2 is 1.97 bits per heavy atom. The molecule has 0 aliphatic carbocycles. The number of rotatable bonds is 10. The summed E-state index contributed by atoms with van der Waals surface area (Å²) in [5, 5.41) is 12.0. The predicted octanol–water partition coefficient (Wildman–Crippen LogP) is 3.16. The summed E-state index contributed by atoms with van der Waals surface area (Å²) in [5.74, 6) is 1.64. The SMILES string of the molecule is CCc1oc(NC(=O)C(C)(C)N(C)CC2CCOCC2)cc1C(C)(C)OCCO. The normalized spacial score (nSPS) is 16.4. The van der Waals surface area contributed by atoms with Crippen LogP contribution in [0.15, 0.2) is 10.5 Å². The van der Waals surface area contributed by atoms with Gasteiger partial charge in [-0.3, -0.25) is 15.0 Å². The molecule has 166 valence electrons. The van der Waals surface area contributed by atoms with E-state index in [1.807, 2.05) is 47.7 Å². The lowest BCUT2D eigenvalue weighted by atomic mass is 9.95. The van der Waals surface area contributed by atoms with E-state index < -0.39 is 11.1 Å². The first kappa shape index (κ1) is 23.9. The number of ether oxygens (including phenoxy) is 2. The number of aliphatic hydroxyl groups is 1. The summed E-state index contributed by atoms with van der Waals surface area (Å²) in [6, 6.07) is 1.84. The van der Waals surface area contributed by atoms with Gasteiger partial charge < -0.3 is 19.0 Å². The van der Waals surface area contributed by atoms with E-state index in [1.54, 1.807) is 0 Å². The van der Waals surface area contributed by atoms with Crippen LogP contribution >= 0.6 is 0 Å². The Kier molecular flexibility index (Phi) is 8.28. The Labute approximate surface area is 174 Å². The van der Waals surface area contributed by atoms with Crippen molar-refractivity contribution in [1.29, 1.82) is 0 Å². The van der Waals surface area contributed by atoms with Crippen LogP contribution in [0.5, 0.6) is 0 Å². The number of nitrogens with zero attached hydrogens (tertiary/aromatic N) is 1. The molecule has 1 aromatic heterocycles. The molecule has 0 aromatic carbocycles. The lowest BCUT2D eigenvalue weighted by Gasteiger charge is -2.37. The van der Waals surface area contributed by atoms with Crippen molar-refractivity contribution in [3.05, 3.63) is 17.4 Å². The Bertz CT molecular complexity index is 662. The predicted molar refractivity (Wildman–Crippen MR) is 113 cm³/mol. The van der Waals surface area contributed by atoms with E-state index in [9.17, 15) is 4.79 Å². The number of furan rings is 1. The Hall–Kier alpha value is -1.41. The fourth-order valence-electron chi connectivity index (χ4n) is 3.62. The molecular weight excluding hydrogens is 372 g/mol. The number of amides is 1. The van der Waals surface area contributed by atoms with Gasteiger partial charge in [-0.1, -0.05) is 6.92 Å². The highest BCUT2D eigenvalue weighted by molar-refractivity contribution is 5.96. The lowest BCUT2D eigenvalue weighted by molar-refractivity contribution is -0.126. The van der Waals surface area contributed by atoms with Crippen LogP contribution in [0.25, 0.3) is 0 Å². The molecule has 1 saturated heterocycles. The molecule has 7 heteroatoms. The zero-order valence-corrected chi connectivity index (χ0v) is 18.8. The third-order valence-corrected chi connectivity index (χ3v) is 5.95. The topological polar surface area (TPSA) is 84.2 Å². The van der Waals surface area contributed by atoms with Crippen LogP contribution in [0.4, 0.5) is 5.88 Å². The highest BCUT2D eigenvalue weighted by atomic mass is 16.5. The molecule has 0 bridgehead atoms. The molecule has 1 aromatic rings. The molecule has 1 aliphatic heterocycles. The van der Waals surface area contributed by atoms with Crippen LogP contribution in [0.1, 0.15) is 58.8 Å². The number of carbonyl (C=O) groups excluding carboxylic acids is 1. The molecule has 2 rings (SSSR count). The van der Waals surface area contributed by atoms with E-state index in [0.29, 0.717) is 18.2 Å². The van der Waals surface area contributed by atoms with Gasteiger partial charge in [0.25, 0.3) is 0 Å². The van der Waals surface area contributed by atoms with Gasteiger partial charge in [0.1, 0.15) is 5.76 Å². The number of aliphatic hydroxyl groups excluding tert-OH is 1. The number of anilines is 1. The van der Waals surface area contributed by atoms with Gasteiger partial charge >= 0.3 is 0 Å². The average Bonchev–Trinajstić information content (AvgIpc) is 3.11. The minimum atomic E-state index is -0.680. The van der Waals surface area contributed by atoms with E-state index >= 15 is 0 Å². The summed E-state index contributed by atoms with van der Waals surface area (Å²) in [6.07, 6.45) is 2.75. The fraction of sp³-hybridized carbons (Fsp3) is 0.773. The molecule has 1 amide bonds. The minimum absolute atomic E-state index is 0.0417. The van der Waals surface area contributed by atoms with Crippen molar-refractivity contribution in [3.8, 4) is 0 Å². The monoisotopic (exact) mass is 410 g/mol. The third kappa shape index (κ3) is 6.04. The van der Waals surface area contributed by atoms with E-state index in [1.165, 1.54) is 0 Å². The quantitative estimate of drug-likeness (QED) is 0.616. The third-order valence-electron chi connectivity index (χ3n) is 5.95. The van der Waals surface area contributed by atoms with Crippen LogP contribution in [0.2, 0.25) is 0 Å². The van der Waals surface area contributed by atoms with Crippen LogP contribution in [0.3, 0.4) is 0 Å². The second-order valence-electron chi connectivity index (χ2n) is 8.83. The molecular formula is C22H38N2O5. The number of nitrogens with one attached hydrogen (secondary N) is 1. The van der Waals surface area contributed by atoms with Crippen molar-refractivity contribution < 1.29 is 23.8 Å². The summed E-state index contributed by atoms with van der Waals surface area (Å²) in [5.41, 5.74) is -0.409. The van der Waals surface area contributed by atoms with Crippen molar-refractivity contribution >= 4 is 11.8 Å². The Morgan fingerprint density at radius 1 is 1.31 bits per heavy atom. The highest BCUT2D eigenvalue weighted by Crippen LogP contribution is 2.33. The Morgan fingerprint density at radius 3 is 2.55 bits per heavy atom. The van der Waals surface area contributed by atoms with Gasteiger partial charge in [-0.25, -0.2) is 0 Å². The average molecular weight is 411 g/mol. The van der Waals surface area contributed by atoms with Crippen molar-refractivity contribution in [2.45, 2.75) is 65.0 Å². The van der Waals surface area contributed by atoms with E-state index in [-0.39, 0.29) is 19.1 Å². The van der Waals surface area contributed by atoms with Crippen LogP contribution < -0.4 is 5.32 Å². The van der Waals surface area contributed by atoms with Crippen LogP contribution in [0, 0.1) is 5.92 Å². The summed E-state index contributed by atoms with van der Waals surface area (Å²) < 4.78 is 17.1. The van der Waals surface area contributed by atoms with Crippen LogP contribution in [-0.4, -0.2) is 61.5 Å². The minimum Gasteiger partial charge on any atom is -0.445 e. The molecule has 0 spiro atoms. The number of likely N-dealkylation sites (N-methyl/N-ethyl adjacent to an activating group) is 1. The maximum atomic E-state index is 13.0. The first-order valence-electron chi connectivity index (χ1n) is 10.6. The maximum absolute atomic E-state index is 13.0. The van der Waals surface area contributed by atoms with Gasteiger partial charge in [-0.05, 0) is 53.5 Å². The summed E-state index contributed by atoms with van der Waals surface area (Å²) in [7, 11) is 1.99. The molecule has 0 atom stereocenters. The number of aryl methyl sites for hydroxylation is 1. The molecule has 7 nitrogen and oxygen atoms in total. The highest BCUT2D eigenvalue weighted by Gasteiger charge is 2.35. The molecule has 0 unspecified atom stereocenters. The smallest absolute Gasteiger partial charge is 0.246 e. The maximum Gasteiger partial charge on any atom is 0.246 e. The van der Waals surface area contributed by atoms with Gasteiger partial charge in [-0.15, -0.1) is 0 Å². The summed E-state index contributed by atoms with van der Waals surface area (Å²) >= 11 is 0. The van der Waals surface area contributed by atoms with E-state index in [4.69, 9.17) is 19.0 Å². The van der Waals surface area contributed by atoms with Crippen LogP contribution in [-0.2, 0) is 26.3 Å². The number of hydrogen-bond acceptors (Lipinski definition) is 6. The van der Waals surface area contributed by atoms with E-state index in [0.717, 1.165) is 43.9 Å². The van der Waals surface area contributed by atoms with Crippen molar-refractivity contribution in [1.82, 2.24) is 4.90 Å². The van der Waals surface area contributed by atoms with Crippen molar-refractivity contribution in [2.24, 2.45) is 5.92 Å². The number of carbonyl (C=O) groups is 1. The molecule has 2 N–H and O–H groups in total. The Balaban J connectivity index is 2.08. The largest absolute Gasteiger partial charge is 0.445 e. The zero-order valence-electron chi connectivity index (χ0n) is 18.8. The van der Waals surface area contributed by atoms with Gasteiger partial charge in [0.2, 0.25) is 5.91 Å². The number of hydrogen-bond donors (Lipinski definition) is 2. The molecule has 1 fully saturated rings. The second-order valence-corrected chi connectivity index (χ2v) is 8.83. The van der Waals surface area contributed by atoms with Crippen molar-refractivity contribution in [3.63, 3.8) is 0 Å². The standard InChI is InChI=1S/C22H38N2O5/c1-7-18-17(22(4,5)28-13-10-25)14-19(29-18)23-20(26)21(2,3)24(6)15-16-8-11-27-12-9-16/h14,16,25H,7-13,15H2,1-6H3,(H,23,26). The van der Waals surface area contributed by atoms with E-state index in [2.05, 4.69) is 10.2 Å². The molecule has 2 heterocycles. The first-order chi connectivity index (χ1) is 13.6. The lowest BCUT2D eigenvalue weighted by Crippen LogP contribution is -2.52. The van der Waals surface area contributed by atoms with Gasteiger partial charge in [0.05, 0.1) is 24.4 Å². The molecule has 1 aliphatic rings. The second kappa shape index (κ2) is 10.1. The zero-order chi connectivity index (χ0) is 21.7. The summed E-state index contributed by atoms with van der Waals surface area (Å²) in [4.78, 5) is 15.2. The van der Waals surface area contributed by atoms with Gasteiger partial charge in [-0.2, -0.15) is 0 Å².